The number of hydrogen-bond donors (Lipinski definition) is 1. The topological polar surface area (TPSA) is 93.9 Å². The number of hydrogen-bond acceptors (Lipinski definition) is 5. The smallest absolute Gasteiger partial charge is 0.256 e. The second-order valence-corrected chi connectivity index (χ2v) is 11.6. The van der Waals surface area contributed by atoms with Gasteiger partial charge in [-0.05, 0) is 61.9 Å². The molecule has 11 heteroatoms. The molecule has 0 radical (unpaired) electrons. The molecule has 1 aliphatic heterocycles. The zero-order chi connectivity index (χ0) is 24.9. The van der Waals surface area contributed by atoms with Crippen LogP contribution < -0.4 is 5.32 Å². The summed E-state index contributed by atoms with van der Waals surface area (Å²) in [4.78, 5) is 18.1. The number of amides is 1. The third kappa shape index (κ3) is 4.57. The van der Waals surface area contributed by atoms with Crippen molar-refractivity contribution >= 4 is 48.4 Å². The first-order valence-corrected chi connectivity index (χ1v) is 13.4. The average molecular weight is 561 g/mol. The van der Waals surface area contributed by atoms with Gasteiger partial charge in [-0.3, -0.25) is 4.79 Å². The number of sulfone groups is 1. The number of pyridine rings is 1. The van der Waals surface area contributed by atoms with Gasteiger partial charge in [0.2, 0.25) is 0 Å². The molecule has 1 aliphatic rings. The summed E-state index contributed by atoms with van der Waals surface area (Å²) in [5.74, 6) is -1.64. The third-order valence-corrected chi connectivity index (χ3v) is 8.20. The van der Waals surface area contributed by atoms with Crippen LogP contribution in [0.1, 0.15) is 28.5 Å². The highest BCUT2D eigenvalue weighted by Gasteiger charge is 2.32. The van der Waals surface area contributed by atoms with E-state index in [1.165, 1.54) is 36.4 Å². The predicted molar refractivity (Wildman–Crippen MR) is 132 cm³/mol. The lowest BCUT2D eigenvalue weighted by atomic mass is 10.0. The Kier molecular flexibility index (Phi) is 5.92. The molecule has 0 spiro atoms. The number of halogens is 3. The van der Waals surface area contributed by atoms with Crippen molar-refractivity contribution in [2.24, 2.45) is 0 Å². The van der Waals surface area contributed by atoms with Crippen molar-refractivity contribution in [2.75, 3.05) is 16.8 Å². The molecular formula is C24H19BrF2N4O3S. The van der Waals surface area contributed by atoms with Gasteiger partial charge in [0.05, 0.1) is 45.6 Å². The maximum absolute atomic E-state index is 14.4. The molecule has 7 nitrogen and oxygen atoms in total. The Bertz CT molecular complexity index is 1590. The van der Waals surface area contributed by atoms with E-state index < -0.39 is 33.4 Å². The van der Waals surface area contributed by atoms with Crippen LogP contribution in [0.25, 0.3) is 22.3 Å². The van der Waals surface area contributed by atoms with Crippen molar-refractivity contribution in [3.8, 4) is 11.3 Å². The fraction of sp³-hybridized carbons (Fsp3) is 0.208. The summed E-state index contributed by atoms with van der Waals surface area (Å²) in [5.41, 5.74) is 1.96. The van der Waals surface area contributed by atoms with Crippen molar-refractivity contribution in [1.82, 2.24) is 14.8 Å². The number of nitrogens with zero attached hydrogens (tertiary/aromatic N) is 3. The van der Waals surface area contributed by atoms with Crippen LogP contribution in [0, 0.1) is 18.6 Å². The number of nitrogens with one attached hydrogen (secondary N) is 1. The molecule has 35 heavy (non-hydrogen) atoms. The van der Waals surface area contributed by atoms with Gasteiger partial charge in [0.25, 0.3) is 5.91 Å². The summed E-state index contributed by atoms with van der Waals surface area (Å²) in [6.45, 7) is 1.71. The van der Waals surface area contributed by atoms with Gasteiger partial charge < -0.3 is 5.32 Å². The van der Waals surface area contributed by atoms with E-state index >= 15 is 0 Å². The summed E-state index contributed by atoms with van der Waals surface area (Å²) >= 11 is 3.19. The monoisotopic (exact) mass is 560 g/mol. The number of rotatable bonds is 4. The molecule has 180 valence electrons. The highest BCUT2D eigenvalue weighted by Crippen LogP contribution is 2.33. The second kappa shape index (κ2) is 8.80. The SMILES string of the molecule is Cc1nn(C2CCS(=O)(=O)C2)c2nc(-c3ccc(F)cc3)cc(C(=O)Nc3ccc(Br)cc3F)c12. The molecular weight excluding hydrogens is 542 g/mol. The van der Waals surface area contributed by atoms with Crippen molar-refractivity contribution < 1.29 is 22.0 Å². The van der Waals surface area contributed by atoms with E-state index in [1.807, 2.05) is 0 Å². The van der Waals surface area contributed by atoms with Crippen molar-refractivity contribution in [3.05, 3.63) is 75.9 Å². The van der Waals surface area contributed by atoms with Crippen molar-refractivity contribution in [1.29, 1.82) is 0 Å². The Hall–Kier alpha value is -3.18. The molecule has 0 bridgehead atoms. The predicted octanol–water partition coefficient (Wildman–Crippen LogP) is 5.06. The first-order valence-electron chi connectivity index (χ1n) is 10.7. The van der Waals surface area contributed by atoms with Crippen LogP contribution >= 0.6 is 15.9 Å². The van der Waals surface area contributed by atoms with Crippen LogP contribution in [0.5, 0.6) is 0 Å². The maximum Gasteiger partial charge on any atom is 0.256 e. The van der Waals surface area contributed by atoms with Gasteiger partial charge in [-0.15, -0.1) is 0 Å². The Labute approximate surface area is 208 Å². The van der Waals surface area contributed by atoms with Crippen molar-refractivity contribution in [3.63, 3.8) is 0 Å². The van der Waals surface area contributed by atoms with E-state index in [-0.39, 0.29) is 22.8 Å². The minimum Gasteiger partial charge on any atom is -0.319 e. The van der Waals surface area contributed by atoms with Gasteiger partial charge >= 0.3 is 0 Å². The molecule has 1 atom stereocenters. The first kappa shape index (κ1) is 23.6. The van der Waals surface area contributed by atoms with Gasteiger partial charge in [-0.1, -0.05) is 15.9 Å². The number of carbonyl (C=O) groups excluding carboxylic acids is 1. The zero-order valence-corrected chi connectivity index (χ0v) is 20.8. The molecule has 1 amide bonds. The molecule has 0 aliphatic carbocycles. The minimum absolute atomic E-state index is 0.00146. The highest BCUT2D eigenvalue weighted by molar-refractivity contribution is 9.10. The maximum atomic E-state index is 14.4. The number of fused-ring (bicyclic) bond motifs is 1. The zero-order valence-electron chi connectivity index (χ0n) is 18.4. The van der Waals surface area contributed by atoms with E-state index in [0.717, 1.165) is 0 Å². The van der Waals surface area contributed by atoms with Crippen LogP contribution in [-0.4, -0.2) is 40.6 Å². The molecule has 1 unspecified atom stereocenters. The molecule has 2 aromatic heterocycles. The van der Waals surface area contributed by atoms with Crippen LogP contribution in [0.2, 0.25) is 0 Å². The Morgan fingerprint density at radius 2 is 1.89 bits per heavy atom. The Morgan fingerprint density at radius 3 is 2.54 bits per heavy atom. The lowest BCUT2D eigenvalue weighted by molar-refractivity contribution is 0.102. The van der Waals surface area contributed by atoms with E-state index in [2.05, 4.69) is 26.3 Å². The first-order chi connectivity index (χ1) is 16.6. The summed E-state index contributed by atoms with van der Waals surface area (Å²) in [6, 6.07) is 11.0. The fourth-order valence-electron chi connectivity index (χ4n) is 4.26. The van der Waals surface area contributed by atoms with E-state index in [9.17, 15) is 22.0 Å². The van der Waals surface area contributed by atoms with Crippen LogP contribution in [0.15, 0.2) is 53.0 Å². The number of aryl methyl sites for hydroxylation is 1. The summed E-state index contributed by atoms with van der Waals surface area (Å²) in [6.07, 6.45) is 0.382. The van der Waals surface area contributed by atoms with Gasteiger partial charge in [-0.25, -0.2) is 26.9 Å². The standard InChI is InChI=1S/C24H19BrF2N4O3S/c1-13-22-18(24(32)29-20-7-4-15(25)10-19(20)27)11-21(14-2-5-16(26)6-3-14)28-23(22)31(30-13)17-8-9-35(33,34)12-17/h2-7,10-11,17H,8-9,12H2,1H3,(H,29,32). The average Bonchev–Trinajstić information content (AvgIpc) is 3.34. The number of benzene rings is 2. The Morgan fingerprint density at radius 1 is 1.14 bits per heavy atom. The molecule has 1 saturated heterocycles. The lowest BCUT2D eigenvalue weighted by Crippen LogP contribution is -2.15. The van der Waals surface area contributed by atoms with Gasteiger partial charge in [-0.2, -0.15) is 5.10 Å². The third-order valence-electron chi connectivity index (χ3n) is 5.96. The lowest BCUT2D eigenvalue weighted by Gasteiger charge is -2.13. The largest absolute Gasteiger partial charge is 0.319 e. The molecule has 1 fully saturated rings. The molecule has 2 aromatic carbocycles. The van der Waals surface area contributed by atoms with Crippen molar-refractivity contribution in [2.45, 2.75) is 19.4 Å². The van der Waals surface area contributed by atoms with Crippen LogP contribution in [0.3, 0.4) is 0 Å². The molecule has 1 N–H and O–H groups in total. The Balaban J connectivity index is 1.68. The van der Waals surface area contributed by atoms with Gasteiger partial charge in [0, 0.05) is 10.0 Å². The quantitative estimate of drug-likeness (QED) is 0.376. The second-order valence-electron chi connectivity index (χ2n) is 8.43. The molecule has 5 rings (SSSR count). The van der Waals surface area contributed by atoms with E-state index in [4.69, 9.17) is 4.98 Å². The van der Waals surface area contributed by atoms with E-state index in [0.29, 0.717) is 38.9 Å². The van der Waals surface area contributed by atoms with Crippen LogP contribution in [-0.2, 0) is 9.84 Å². The summed E-state index contributed by atoms with van der Waals surface area (Å²) in [5, 5.41) is 7.57. The minimum atomic E-state index is -3.20. The van der Waals surface area contributed by atoms with Gasteiger partial charge in [0.1, 0.15) is 11.6 Å². The molecule has 4 aromatic rings. The van der Waals surface area contributed by atoms with E-state index in [1.54, 1.807) is 23.7 Å². The van der Waals surface area contributed by atoms with Crippen LogP contribution in [0.4, 0.5) is 14.5 Å². The fourth-order valence-corrected chi connectivity index (χ4v) is 6.29. The number of carbonyl (C=O) groups is 1. The highest BCUT2D eigenvalue weighted by atomic mass is 79.9. The summed E-state index contributed by atoms with van der Waals surface area (Å²) in [7, 11) is -3.20. The number of anilines is 1. The molecule has 0 saturated carbocycles. The number of aromatic nitrogens is 3. The summed E-state index contributed by atoms with van der Waals surface area (Å²) < 4.78 is 54.2. The molecule has 3 heterocycles. The normalized spacial score (nSPS) is 17.1. The van der Waals surface area contributed by atoms with Gasteiger partial charge in [0.15, 0.2) is 15.5 Å².